The molecule has 5 nitrogen and oxygen atoms in total. The highest BCUT2D eigenvalue weighted by Gasteiger charge is 2.30. The van der Waals surface area contributed by atoms with Gasteiger partial charge in [-0.25, -0.2) is 0 Å². The molecule has 0 aliphatic heterocycles. The maximum atomic E-state index is 12.8. The first-order chi connectivity index (χ1) is 11.9. The van der Waals surface area contributed by atoms with Crippen LogP contribution in [0, 0.1) is 6.92 Å². The van der Waals surface area contributed by atoms with Crippen LogP contribution >= 0.6 is 0 Å². The van der Waals surface area contributed by atoms with Crippen molar-refractivity contribution in [1.82, 2.24) is 15.2 Å². The number of benzene rings is 2. The summed E-state index contributed by atoms with van der Waals surface area (Å²) in [5, 5.41) is 13.5. The van der Waals surface area contributed by atoms with Crippen LogP contribution < -0.4 is 10.6 Å². The van der Waals surface area contributed by atoms with Crippen LogP contribution in [0.4, 0.5) is 36.3 Å². The lowest BCUT2D eigenvalue weighted by Gasteiger charge is -2.10. The Labute approximate surface area is 141 Å². The molecule has 1 heterocycles. The lowest BCUT2D eigenvalue weighted by Crippen LogP contribution is -2.06. The summed E-state index contributed by atoms with van der Waals surface area (Å²) in [4.78, 5) is 4.20. The van der Waals surface area contributed by atoms with Gasteiger partial charge in [0.1, 0.15) is 0 Å². The number of halogens is 3. The number of nitrogens with one attached hydrogen (secondary N) is 2. The zero-order chi connectivity index (χ0) is 17.9. The van der Waals surface area contributed by atoms with Gasteiger partial charge in [0.2, 0.25) is 5.95 Å². The molecule has 128 valence electrons. The third-order valence-corrected chi connectivity index (χ3v) is 3.33. The molecule has 25 heavy (non-hydrogen) atoms. The number of aryl methyl sites for hydroxylation is 1. The summed E-state index contributed by atoms with van der Waals surface area (Å²) >= 11 is 0. The molecule has 2 N–H and O–H groups in total. The Morgan fingerprint density at radius 1 is 0.920 bits per heavy atom. The number of hydrogen-bond donors (Lipinski definition) is 2. The van der Waals surface area contributed by atoms with Crippen LogP contribution in [0.2, 0.25) is 0 Å². The van der Waals surface area contributed by atoms with Crippen molar-refractivity contribution in [1.29, 1.82) is 0 Å². The van der Waals surface area contributed by atoms with E-state index in [1.807, 2.05) is 31.2 Å². The molecule has 0 unspecified atom stereocenters. The highest BCUT2D eigenvalue weighted by molar-refractivity contribution is 5.59. The smallest absolute Gasteiger partial charge is 0.339 e. The molecule has 3 rings (SSSR count). The molecule has 8 heteroatoms. The maximum Gasteiger partial charge on any atom is 0.416 e. The Hall–Kier alpha value is -3.16. The number of nitrogens with zero attached hydrogens (tertiary/aromatic N) is 3. The van der Waals surface area contributed by atoms with Gasteiger partial charge >= 0.3 is 6.18 Å². The third kappa shape index (κ3) is 4.43. The van der Waals surface area contributed by atoms with Crippen LogP contribution in [-0.2, 0) is 6.18 Å². The minimum atomic E-state index is -4.40. The molecule has 2 aromatic carbocycles. The molecule has 0 aliphatic rings. The van der Waals surface area contributed by atoms with E-state index in [9.17, 15) is 13.2 Å². The van der Waals surface area contributed by atoms with Gasteiger partial charge < -0.3 is 10.6 Å². The lowest BCUT2D eigenvalue weighted by atomic mass is 10.2. The fourth-order valence-electron chi connectivity index (χ4n) is 2.10. The SMILES string of the molecule is Cc1ccc(Nc2nncc(Nc3cccc(C(F)(F)F)c3)n2)cc1. The first-order valence-electron chi connectivity index (χ1n) is 7.38. The zero-order valence-corrected chi connectivity index (χ0v) is 13.2. The second-order valence-corrected chi connectivity index (χ2v) is 5.36. The third-order valence-electron chi connectivity index (χ3n) is 3.33. The predicted molar refractivity (Wildman–Crippen MR) is 89.0 cm³/mol. The molecule has 3 aromatic rings. The average Bonchev–Trinajstić information content (AvgIpc) is 2.57. The minimum Gasteiger partial charge on any atom is -0.339 e. The number of anilines is 4. The van der Waals surface area contributed by atoms with Crippen molar-refractivity contribution < 1.29 is 13.2 Å². The molecule has 1 aromatic heterocycles. The number of hydrogen-bond acceptors (Lipinski definition) is 5. The second-order valence-electron chi connectivity index (χ2n) is 5.36. The summed E-state index contributed by atoms with van der Waals surface area (Å²) < 4.78 is 38.3. The van der Waals surface area contributed by atoms with E-state index in [0.29, 0.717) is 0 Å². The van der Waals surface area contributed by atoms with Gasteiger partial charge in [0.05, 0.1) is 11.8 Å². The average molecular weight is 345 g/mol. The summed E-state index contributed by atoms with van der Waals surface area (Å²) in [6, 6.07) is 12.5. The molecule has 0 atom stereocenters. The van der Waals surface area contributed by atoms with Gasteiger partial charge in [0, 0.05) is 11.4 Å². The highest BCUT2D eigenvalue weighted by Crippen LogP contribution is 2.31. The monoisotopic (exact) mass is 345 g/mol. The van der Waals surface area contributed by atoms with E-state index in [-0.39, 0.29) is 17.5 Å². The molecule has 0 radical (unpaired) electrons. The molecule has 0 amide bonds. The molecular weight excluding hydrogens is 331 g/mol. The Morgan fingerprint density at radius 2 is 1.68 bits per heavy atom. The van der Waals surface area contributed by atoms with Gasteiger partial charge in [-0.3, -0.25) is 0 Å². The first kappa shape index (κ1) is 16.7. The standard InChI is InChI=1S/C17H14F3N5/c1-11-5-7-13(8-6-11)23-16-24-15(10-21-25-16)22-14-4-2-3-12(9-14)17(18,19)20/h2-10H,1H3,(H2,22,23,24,25). The van der Waals surface area contributed by atoms with Crippen molar-refractivity contribution in [3.8, 4) is 0 Å². The van der Waals surface area contributed by atoms with Crippen LogP contribution in [0.5, 0.6) is 0 Å². The van der Waals surface area contributed by atoms with Crippen molar-refractivity contribution in [2.75, 3.05) is 10.6 Å². The summed E-state index contributed by atoms with van der Waals surface area (Å²) in [5.41, 5.74) is 1.42. The van der Waals surface area contributed by atoms with Gasteiger partial charge in [-0.2, -0.15) is 23.3 Å². The van der Waals surface area contributed by atoms with Gasteiger partial charge in [-0.1, -0.05) is 23.8 Å². The molecule has 0 saturated heterocycles. The maximum absolute atomic E-state index is 12.8. The zero-order valence-electron chi connectivity index (χ0n) is 13.2. The Morgan fingerprint density at radius 3 is 2.40 bits per heavy atom. The van der Waals surface area contributed by atoms with E-state index in [2.05, 4.69) is 25.8 Å². The van der Waals surface area contributed by atoms with Gasteiger partial charge in [0.15, 0.2) is 5.82 Å². The van der Waals surface area contributed by atoms with Crippen molar-refractivity contribution in [2.45, 2.75) is 13.1 Å². The first-order valence-corrected chi connectivity index (χ1v) is 7.38. The minimum absolute atomic E-state index is 0.237. The summed E-state index contributed by atoms with van der Waals surface area (Å²) in [5.74, 6) is 0.518. The normalized spacial score (nSPS) is 11.2. The van der Waals surface area contributed by atoms with Gasteiger partial charge in [-0.05, 0) is 37.3 Å². The molecule has 0 aliphatic carbocycles. The van der Waals surface area contributed by atoms with Gasteiger partial charge in [-0.15, -0.1) is 5.10 Å². The molecule has 0 saturated carbocycles. The summed E-state index contributed by atoms with van der Waals surface area (Å²) in [7, 11) is 0. The van der Waals surface area contributed by atoms with Crippen molar-refractivity contribution in [3.05, 3.63) is 65.9 Å². The molecular formula is C17H14F3N5. The highest BCUT2D eigenvalue weighted by atomic mass is 19.4. The van der Waals surface area contributed by atoms with Crippen LogP contribution in [0.3, 0.4) is 0 Å². The predicted octanol–water partition coefficient (Wildman–Crippen LogP) is 4.69. The Balaban J connectivity index is 1.77. The number of rotatable bonds is 4. The topological polar surface area (TPSA) is 62.7 Å². The number of aromatic nitrogens is 3. The molecule has 0 fully saturated rings. The number of alkyl halides is 3. The van der Waals surface area contributed by atoms with E-state index >= 15 is 0 Å². The summed E-state index contributed by atoms with van der Waals surface area (Å²) in [6.07, 6.45) is -3.07. The largest absolute Gasteiger partial charge is 0.416 e. The fraction of sp³-hybridized carbons (Fsp3) is 0.118. The molecule has 0 spiro atoms. The van der Waals surface area contributed by atoms with E-state index in [1.54, 1.807) is 0 Å². The molecule has 0 bridgehead atoms. The van der Waals surface area contributed by atoms with E-state index < -0.39 is 11.7 Å². The Kier molecular flexibility index (Phi) is 4.51. The lowest BCUT2D eigenvalue weighted by molar-refractivity contribution is -0.137. The Bertz CT molecular complexity index is 863. The summed E-state index contributed by atoms with van der Waals surface area (Å²) in [6.45, 7) is 1.97. The van der Waals surface area contributed by atoms with Crippen molar-refractivity contribution in [2.24, 2.45) is 0 Å². The van der Waals surface area contributed by atoms with Crippen molar-refractivity contribution in [3.63, 3.8) is 0 Å². The second kappa shape index (κ2) is 6.76. The van der Waals surface area contributed by atoms with Crippen LogP contribution in [0.1, 0.15) is 11.1 Å². The van der Waals surface area contributed by atoms with Crippen molar-refractivity contribution >= 4 is 23.1 Å². The fourth-order valence-corrected chi connectivity index (χ4v) is 2.10. The van der Waals surface area contributed by atoms with E-state index in [0.717, 1.165) is 23.4 Å². The van der Waals surface area contributed by atoms with Crippen LogP contribution in [0.15, 0.2) is 54.7 Å². The quantitative estimate of drug-likeness (QED) is 0.718. The van der Waals surface area contributed by atoms with E-state index in [1.165, 1.54) is 18.3 Å². The van der Waals surface area contributed by atoms with Gasteiger partial charge in [0.25, 0.3) is 0 Å². The van der Waals surface area contributed by atoms with E-state index in [4.69, 9.17) is 0 Å². The van der Waals surface area contributed by atoms with Crippen LogP contribution in [0.25, 0.3) is 0 Å². The van der Waals surface area contributed by atoms with Crippen LogP contribution in [-0.4, -0.2) is 15.2 Å².